The summed E-state index contributed by atoms with van der Waals surface area (Å²) in [7, 11) is 0. The standard InChI is InChI=1S/C9H6O2.C4H8O/c1-2-7-4-3-5-8(6-7)9(10)11;1-2-4-5-3-1/h1,3-6H,(H,10,11);1-4H2. The Morgan fingerprint density at radius 2 is 2.06 bits per heavy atom. The lowest BCUT2D eigenvalue weighted by Gasteiger charge is -1.93. The Hall–Kier alpha value is -1.79. The summed E-state index contributed by atoms with van der Waals surface area (Å²) in [6, 6.07) is 6.27. The first kappa shape index (κ1) is 12.3. The average molecular weight is 218 g/mol. The van der Waals surface area contributed by atoms with Crippen molar-refractivity contribution < 1.29 is 14.6 Å². The maximum absolute atomic E-state index is 10.4. The number of carboxylic acid groups (broad SMARTS) is 1. The molecule has 0 unspecified atom stereocenters. The Balaban J connectivity index is 0.000000212. The molecule has 1 aliphatic heterocycles. The van der Waals surface area contributed by atoms with Gasteiger partial charge in [0.2, 0.25) is 0 Å². The van der Waals surface area contributed by atoms with E-state index >= 15 is 0 Å². The zero-order valence-electron chi connectivity index (χ0n) is 8.98. The summed E-state index contributed by atoms with van der Waals surface area (Å²) in [6.45, 7) is 2.00. The van der Waals surface area contributed by atoms with Crippen LogP contribution >= 0.6 is 0 Å². The van der Waals surface area contributed by atoms with Crippen molar-refractivity contribution in [2.24, 2.45) is 0 Å². The number of carboxylic acids is 1. The number of aromatic carboxylic acids is 1. The lowest BCUT2D eigenvalue weighted by atomic mass is 10.1. The van der Waals surface area contributed by atoms with Crippen LogP contribution in [0.4, 0.5) is 0 Å². The molecule has 1 aromatic carbocycles. The minimum absolute atomic E-state index is 0.223. The quantitative estimate of drug-likeness (QED) is 0.735. The van der Waals surface area contributed by atoms with Gasteiger partial charge in [0.05, 0.1) is 5.56 Å². The number of carbonyl (C=O) groups is 1. The largest absolute Gasteiger partial charge is 0.478 e. The van der Waals surface area contributed by atoms with Crippen molar-refractivity contribution in [1.82, 2.24) is 0 Å². The fourth-order valence-electron chi connectivity index (χ4n) is 1.25. The van der Waals surface area contributed by atoms with Crippen molar-refractivity contribution in [3.63, 3.8) is 0 Å². The Bertz CT molecular complexity index is 379. The van der Waals surface area contributed by atoms with Crippen molar-refractivity contribution in [1.29, 1.82) is 0 Å². The molecule has 0 aliphatic carbocycles. The summed E-state index contributed by atoms with van der Waals surface area (Å²) in [5, 5.41) is 8.54. The number of rotatable bonds is 1. The van der Waals surface area contributed by atoms with Gasteiger partial charge in [-0.2, -0.15) is 0 Å². The molecule has 3 nitrogen and oxygen atoms in total. The van der Waals surface area contributed by atoms with Crippen LogP contribution in [0.1, 0.15) is 28.8 Å². The Kier molecular flexibility index (Phi) is 5.10. The van der Waals surface area contributed by atoms with Gasteiger partial charge in [-0.3, -0.25) is 0 Å². The van der Waals surface area contributed by atoms with Crippen LogP contribution in [0.5, 0.6) is 0 Å². The van der Waals surface area contributed by atoms with Gasteiger partial charge in [0.25, 0.3) is 0 Å². The molecule has 0 radical (unpaired) electrons. The molecule has 0 atom stereocenters. The summed E-state index contributed by atoms with van der Waals surface area (Å²) >= 11 is 0. The first-order valence-corrected chi connectivity index (χ1v) is 5.12. The first-order chi connectivity index (χ1) is 7.74. The molecule has 0 amide bonds. The highest BCUT2D eigenvalue weighted by atomic mass is 16.5. The van der Waals surface area contributed by atoms with Gasteiger partial charge in [0.1, 0.15) is 0 Å². The van der Waals surface area contributed by atoms with Crippen LogP contribution in [0.2, 0.25) is 0 Å². The highest BCUT2D eigenvalue weighted by molar-refractivity contribution is 5.87. The normalized spacial score (nSPS) is 13.4. The molecule has 1 aromatic rings. The Morgan fingerprint density at radius 3 is 2.50 bits per heavy atom. The van der Waals surface area contributed by atoms with Crippen LogP contribution in [-0.2, 0) is 4.74 Å². The van der Waals surface area contributed by atoms with Crippen LogP contribution in [-0.4, -0.2) is 24.3 Å². The number of benzene rings is 1. The summed E-state index contributed by atoms with van der Waals surface area (Å²) in [4.78, 5) is 10.4. The monoisotopic (exact) mass is 218 g/mol. The van der Waals surface area contributed by atoms with E-state index in [1.807, 2.05) is 0 Å². The van der Waals surface area contributed by atoms with Crippen molar-refractivity contribution in [2.75, 3.05) is 13.2 Å². The maximum Gasteiger partial charge on any atom is 0.335 e. The molecule has 0 bridgehead atoms. The smallest absolute Gasteiger partial charge is 0.335 e. The van der Waals surface area contributed by atoms with Crippen LogP contribution in [0.25, 0.3) is 0 Å². The molecule has 84 valence electrons. The SMILES string of the molecule is C#Cc1cccc(C(=O)O)c1.C1CCOC1. The van der Waals surface area contributed by atoms with Gasteiger partial charge in [-0.1, -0.05) is 12.0 Å². The van der Waals surface area contributed by atoms with E-state index in [9.17, 15) is 4.79 Å². The first-order valence-electron chi connectivity index (χ1n) is 5.12. The predicted octanol–water partition coefficient (Wildman–Crippen LogP) is 2.16. The summed E-state index contributed by atoms with van der Waals surface area (Å²) in [5.74, 6) is 1.40. The summed E-state index contributed by atoms with van der Waals surface area (Å²) < 4.78 is 4.94. The molecule has 0 spiro atoms. The molecule has 1 N–H and O–H groups in total. The second-order valence-corrected chi connectivity index (χ2v) is 3.35. The van der Waals surface area contributed by atoms with Gasteiger partial charge in [-0.05, 0) is 31.0 Å². The zero-order chi connectivity index (χ0) is 11.8. The molecule has 1 fully saturated rings. The van der Waals surface area contributed by atoms with Crippen LogP contribution in [0.3, 0.4) is 0 Å². The second kappa shape index (κ2) is 6.65. The van der Waals surface area contributed by atoms with E-state index in [2.05, 4.69) is 5.92 Å². The maximum atomic E-state index is 10.4. The molecule has 1 saturated heterocycles. The van der Waals surface area contributed by atoms with Crippen molar-refractivity contribution in [3.8, 4) is 12.3 Å². The highest BCUT2D eigenvalue weighted by Crippen LogP contribution is 2.03. The minimum Gasteiger partial charge on any atom is -0.478 e. The fraction of sp³-hybridized carbons (Fsp3) is 0.308. The molecule has 2 rings (SSSR count). The average Bonchev–Trinajstić information content (AvgIpc) is 2.88. The second-order valence-electron chi connectivity index (χ2n) is 3.35. The number of hydrogen-bond donors (Lipinski definition) is 1. The zero-order valence-corrected chi connectivity index (χ0v) is 8.98. The summed E-state index contributed by atoms with van der Waals surface area (Å²) in [6.07, 6.45) is 7.63. The molecule has 1 heterocycles. The van der Waals surface area contributed by atoms with E-state index in [0.717, 1.165) is 13.2 Å². The molecule has 0 saturated carbocycles. The third-order valence-electron chi connectivity index (χ3n) is 2.10. The molecule has 0 aromatic heterocycles. The van der Waals surface area contributed by atoms with E-state index in [1.165, 1.54) is 25.0 Å². The molecule has 3 heteroatoms. The van der Waals surface area contributed by atoms with Crippen molar-refractivity contribution in [3.05, 3.63) is 35.4 Å². The van der Waals surface area contributed by atoms with Crippen LogP contribution < -0.4 is 0 Å². The van der Waals surface area contributed by atoms with Crippen LogP contribution in [0.15, 0.2) is 24.3 Å². The molecule has 16 heavy (non-hydrogen) atoms. The lowest BCUT2D eigenvalue weighted by molar-refractivity contribution is 0.0697. The fourth-order valence-corrected chi connectivity index (χ4v) is 1.25. The Labute approximate surface area is 95.1 Å². The van der Waals surface area contributed by atoms with Gasteiger partial charge in [0.15, 0.2) is 0 Å². The number of ether oxygens (including phenoxy) is 1. The summed E-state index contributed by atoms with van der Waals surface area (Å²) in [5.41, 5.74) is 0.811. The Morgan fingerprint density at radius 1 is 1.38 bits per heavy atom. The van der Waals surface area contributed by atoms with Gasteiger partial charge in [-0.25, -0.2) is 4.79 Å². The van der Waals surface area contributed by atoms with Crippen molar-refractivity contribution >= 4 is 5.97 Å². The lowest BCUT2D eigenvalue weighted by Crippen LogP contribution is -1.95. The molecular weight excluding hydrogens is 204 g/mol. The van der Waals surface area contributed by atoms with E-state index in [0.29, 0.717) is 5.56 Å². The topological polar surface area (TPSA) is 46.5 Å². The van der Waals surface area contributed by atoms with Gasteiger partial charge >= 0.3 is 5.97 Å². The van der Waals surface area contributed by atoms with Gasteiger partial charge < -0.3 is 9.84 Å². The van der Waals surface area contributed by atoms with E-state index < -0.39 is 5.97 Å². The minimum atomic E-state index is -0.956. The molecular formula is C13H14O3. The molecule has 1 aliphatic rings. The van der Waals surface area contributed by atoms with E-state index in [1.54, 1.807) is 12.1 Å². The van der Waals surface area contributed by atoms with E-state index in [4.69, 9.17) is 16.3 Å². The highest BCUT2D eigenvalue weighted by Gasteiger charge is 2.00. The van der Waals surface area contributed by atoms with Gasteiger partial charge in [-0.15, -0.1) is 6.42 Å². The third kappa shape index (κ3) is 4.16. The number of terminal acetylenes is 1. The predicted molar refractivity (Wildman–Crippen MR) is 61.4 cm³/mol. The van der Waals surface area contributed by atoms with Crippen molar-refractivity contribution in [2.45, 2.75) is 12.8 Å². The van der Waals surface area contributed by atoms with Gasteiger partial charge in [0, 0.05) is 18.8 Å². The number of hydrogen-bond acceptors (Lipinski definition) is 2. The third-order valence-corrected chi connectivity index (χ3v) is 2.10. The van der Waals surface area contributed by atoms with E-state index in [-0.39, 0.29) is 5.56 Å². The van der Waals surface area contributed by atoms with Crippen LogP contribution in [0, 0.1) is 12.3 Å².